The van der Waals surface area contributed by atoms with Gasteiger partial charge in [-0.1, -0.05) is 29.3 Å². The van der Waals surface area contributed by atoms with E-state index in [0.717, 1.165) is 0 Å². The normalized spacial score (nSPS) is 11.2. The molecule has 0 amide bonds. The number of aromatic nitrogens is 1. The number of nitrogens with one attached hydrogen (secondary N) is 2. The van der Waals surface area contributed by atoms with Gasteiger partial charge in [0.25, 0.3) is 10.0 Å². The number of hydrogen-bond acceptors (Lipinski definition) is 4. The first kappa shape index (κ1) is 15.9. The Morgan fingerprint density at radius 3 is 2.71 bits per heavy atom. The lowest BCUT2D eigenvalue weighted by Gasteiger charge is -2.11. The van der Waals surface area contributed by atoms with Crippen molar-refractivity contribution in [2.75, 3.05) is 16.6 Å². The summed E-state index contributed by atoms with van der Waals surface area (Å²) in [4.78, 5) is 4.12. The van der Waals surface area contributed by atoms with Crippen LogP contribution in [0.3, 0.4) is 0 Å². The quantitative estimate of drug-likeness (QED) is 0.867. The van der Waals surface area contributed by atoms with Crippen molar-refractivity contribution in [3.8, 4) is 0 Å². The Kier molecular flexibility index (Phi) is 4.92. The van der Waals surface area contributed by atoms with Gasteiger partial charge in [-0.25, -0.2) is 13.4 Å². The van der Waals surface area contributed by atoms with Crippen molar-refractivity contribution in [2.45, 2.75) is 11.8 Å². The van der Waals surface area contributed by atoms with Gasteiger partial charge in [0.2, 0.25) is 0 Å². The van der Waals surface area contributed by atoms with Gasteiger partial charge < -0.3 is 5.32 Å². The predicted octanol–water partition coefficient (Wildman–Crippen LogP) is 3.62. The average Bonchev–Trinajstić information content (AvgIpc) is 2.44. The standard InChI is InChI=1S/C13H13Cl2N3O2S/c1-2-16-12-8-9(6-7-17-12)21(19,20)18-11-5-3-4-10(14)13(11)15/h3-8,18H,2H2,1H3,(H,16,17). The first-order chi connectivity index (χ1) is 9.94. The first-order valence-corrected chi connectivity index (χ1v) is 8.34. The SMILES string of the molecule is CCNc1cc(S(=O)(=O)Nc2cccc(Cl)c2Cl)ccn1. The Balaban J connectivity index is 2.34. The minimum absolute atomic E-state index is 0.0875. The van der Waals surface area contributed by atoms with E-state index < -0.39 is 10.0 Å². The van der Waals surface area contributed by atoms with Gasteiger partial charge in [0.05, 0.1) is 20.6 Å². The predicted molar refractivity (Wildman–Crippen MR) is 85.7 cm³/mol. The van der Waals surface area contributed by atoms with Crippen LogP contribution in [0.25, 0.3) is 0 Å². The average molecular weight is 346 g/mol. The molecule has 112 valence electrons. The molecule has 2 N–H and O–H groups in total. The molecule has 0 radical (unpaired) electrons. The molecule has 1 aromatic carbocycles. The number of anilines is 2. The number of nitrogens with zero attached hydrogens (tertiary/aromatic N) is 1. The first-order valence-electron chi connectivity index (χ1n) is 6.11. The number of hydrogen-bond donors (Lipinski definition) is 2. The molecule has 0 aliphatic heterocycles. The molecule has 0 saturated carbocycles. The Bertz CT molecular complexity index is 751. The fourth-order valence-corrected chi connectivity index (χ4v) is 3.13. The van der Waals surface area contributed by atoms with Crippen LogP contribution in [0, 0.1) is 0 Å². The molecule has 0 atom stereocenters. The molecule has 0 aliphatic rings. The van der Waals surface area contributed by atoms with E-state index in [-0.39, 0.29) is 20.6 Å². The third kappa shape index (κ3) is 3.78. The van der Waals surface area contributed by atoms with Crippen LogP contribution in [0.15, 0.2) is 41.4 Å². The highest BCUT2D eigenvalue weighted by atomic mass is 35.5. The molecule has 0 saturated heterocycles. The molecule has 0 bridgehead atoms. The summed E-state index contributed by atoms with van der Waals surface area (Å²) in [5.41, 5.74) is 0.228. The smallest absolute Gasteiger partial charge is 0.262 e. The zero-order chi connectivity index (χ0) is 15.5. The van der Waals surface area contributed by atoms with Gasteiger partial charge in [0.1, 0.15) is 5.82 Å². The molecule has 2 aromatic rings. The Hall–Kier alpha value is -1.50. The highest BCUT2D eigenvalue weighted by Crippen LogP contribution is 2.31. The summed E-state index contributed by atoms with van der Waals surface area (Å²) in [5.74, 6) is 0.484. The second-order valence-electron chi connectivity index (χ2n) is 4.11. The summed E-state index contributed by atoms with van der Waals surface area (Å²) in [5, 5.41) is 3.39. The lowest BCUT2D eigenvalue weighted by atomic mass is 10.3. The van der Waals surface area contributed by atoms with Crippen LogP contribution in [0.1, 0.15) is 6.92 Å². The van der Waals surface area contributed by atoms with E-state index in [4.69, 9.17) is 23.2 Å². The second-order valence-corrected chi connectivity index (χ2v) is 6.58. The van der Waals surface area contributed by atoms with Crippen molar-refractivity contribution in [1.29, 1.82) is 0 Å². The van der Waals surface area contributed by atoms with Crippen molar-refractivity contribution in [3.63, 3.8) is 0 Å². The fourth-order valence-electron chi connectivity index (χ4n) is 1.64. The Labute approximate surface area is 133 Å². The number of benzene rings is 1. The highest BCUT2D eigenvalue weighted by molar-refractivity contribution is 7.92. The van der Waals surface area contributed by atoms with E-state index in [2.05, 4.69) is 15.0 Å². The lowest BCUT2D eigenvalue weighted by molar-refractivity contribution is 0.601. The molecule has 5 nitrogen and oxygen atoms in total. The number of sulfonamides is 1. The van der Waals surface area contributed by atoms with Crippen LogP contribution in [-0.2, 0) is 10.0 Å². The van der Waals surface area contributed by atoms with Crippen LogP contribution in [-0.4, -0.2) is 19.9 Å². The highest BCUT2D eigenvalue weighted by Gasteiger charge is 2.17. The summed E-state index contributed by atoms with van der Waals surface area (Å²) in [6, 6.07) is 7.59. The van der Waals surface area contributed by atoms with Gasteiger partial charge in [-0.15, -0.1) is 0 Å². The summed E-state index contributed by atoms with van der Waals surface area (Å²) in [6.45, 7) is 2.54. The van der Waals surface area contributed by atoms with Gasteiger partial charge >= 0.3 is 0 Å². The number of rotatable bonds is 5. The van der Waals surface area contributed by atoms with Gasteiger partial charge in [-0.3, -0.25) is 4.72 Å². The molecular formula is C13H13Cl2N3O2S. The van der Waals surface area contributed by atoms with Crippen molar-refractivity contribution in [3.05, 3.63) is 46.6 Å². The molecule has 0 spiro atoms. The summed E-state index contributed by atoms with van der Waals surface area (Å²) >= 11 is 11.9. The van der Waals surface area contributed by atoms with Crippen LogP contribution in [0.5, 0.6) is 0 Å². The maximum absolute atomic E-state index is 12.4. The molecule has 0 aliphatic carbocycles. The Morgan fingerprint density at radius 1 is 1.24 bits per heavy atom. The lowest BCUT2D eigenvalue weighted by Crippen LogP contribution is -2.14. The Morgan fingerprint density at radius 2 is 2.00 bits per heavy atom. The summed E-state index contributed by atoms with van der Waals surface area (Å²) in [6.07, 6.45) is 1.42. The zero-order valence-corrected chi connectivity index (χ0v) is 13.4. The van der Waals surface area contributed by atoms with Crippen molar-refractivity contribution in [2.24, 2.45) is 0 Å². The van der Waals surface area contributed by atoms with E-state index in [1.54, 1.807) is 12.1 Å². The minimum atomic E-state index is -3.77. The number of pyridine rings is 1. The van der Waals surface area contributed by atoms with Gasteiger partial charge in [-0.05, 0) is 25.1 Å². The van der Waals surface area contributed by atoms with E-state index in [9.17, 15) is 8.42 Å². The topological polar surface area (TPSA) is 71.1 Å². The number of halogens is 2. The molecule has 21 heavy (non-hydrogen) atoms. The molecule has 2 rings (SSSR count). The van der Waals surface area contributed by atoms with Crippen LogP contribution in [0.4, 0.5) is 11.5 Å². The fraction of sp³-hybridized carbons (Fsp3) is 0.154. The second kappa shape index (κ2) is 6.51. The molecule has 1 heterocycles. The van der Waals surface area contributed by atoms with Gasteiger partial charge in [0, 0.05) is 18.8 Å². The van der Waals surface area contributed by atoms with Crippen molar-refractivity contribution >= 4 is 44.7 Å². The van der Waals surface area contributed by atoms with E-state index in [1.807, 2.05) is 6.92 Å². The third-order valence-electron chi connectivity index (χ3n) is 2.60. The van der Waals surface area contributed by atoms with Crippen LogP contribution >= 0.6 is 23.2 Å². The molecule has 0 fully saturated rings. The zero-order valence-electron chi connectivity index (χ0n) is 11.1. The monoisotopic (exact) mass is 345 g/mol. The van der Waals surface area contributed by atoms with E-state index in [1.165, 1.54) is 24.4 Å². The van der Waals surface area contributed by atoms with Crippen LogP contribution < -0.4 is 10.0 Å². The maximum atomic E-state index is 12.4. The molecule has 8 heteroatoms. The summed E-state index contributed by atoms with van der Waals surface area (Å²) in [7, 11) is -3.77. The van der Waals surface area contributed by atoms with Gasteiger partial charge in [-0.2, -0.15) is 0 Å². The maximum Gasteiger partial charge on any atom is 0.262 e. The van der Waals surface area contributed by atoms with Crippen molar-refractivity contribution < 1.29 is 8.42 Å². The minimum Gasteiger partial charge on any atom is -0.370 e. The largest absolute Gasteiger partial charge is 0.370 e. The van der Waals surface area contributed by atoms with Crippen molar-refractivity contribution in [1.82, 2.24) is 4.98 Å². The van der Waals surface area contributed by atoms with Gasteiger partial charge in [0.15, 0.2) is 0 Å². The molecule has 0 unspecified atom stereocenters. The summed E-state index contributed by atoms with van der Waals surface area (Å²) < 4.78 is 27.1. The van der Waals surface area contributed by atoms with E-state index in [0.29, 0.717) is 12.4 Å². The molecular weight excluding hydrogens is 333 g/mol. The van der Waals surface area contributed by atoms with E-state index >= 15 is 0 Å². The molecule has 1 aromatic heterocycles. The third-order valence-corrected chi connectivity index (χ3v) is 4.78. The van der Waals surface area contributed by atoms with Crippen LogP contribution in [0.2, 0.25) is 10.0 Å².